The lowest BCUT2D eigenvalue weighted by molar-refractivity contribution is 0.602. The molecule has 0 amide bonds. The molecule has 0 bridgehead atoms. The monoisotopic (exact) mass is 309 g/mol. The van der Waals surface area contributed by atoms with Crippen molar-refractivity contribution in [3.05, 3.63) is 24.5 Å². The van der Waals surface area contributed by atoms with E-state index in [0.29, 0.717) is 24.6 Å². The summed E-state index contributed by atoms with van der Waals surface area (Å²) in [6, 6.07) is 3.45. The molecule has 0 aliphatic carbocycles. The average molecular weight is 309 g/mol. The molecule has 114 valence electrons. The second-order valence-electron chi connectivity index (χ2n) is 4.60. The molecular formula is C13H19N5O2S. The SMILES string of the molecule is CCN(CC)c1nn(-c2ccncc2)c(N)c1S(C)(=O)=O. The minimum absolute atomic E-state index is 0.0722. The Morgan fingerprint density at radius 2 is 1.81 bits per heavy atom. The van der Waals surface area contributed by atoms with Gasteiger partial charge in [0, 0.05) is 31.7 Å². The predicted molar refractivity (Wildman–Crippen MR) is 82.4 cm³/mol. The van der Waals surface area contributed by atoms with E-state index >= 15 is 0 Å². The molecule has 2 N–H and O–H groups in total. The van der Waals surface area contributed by atoms with Crippen LogP contribution in [0.4, 0.5) is 11.6 Å². The number of nitrogens with zero attached hydrogens (tertiary/aromatic N) is 4. The van der Waals surface area contributed by atoms with Crippen LogP contribution in [0.2, 0.25) is 0 Å². The summed E-state index contributed by atoms with van der Waals surface area (Å²) in [6.45, 7) is 5.17. The maximum Gasteiger partial charge on any atom is 0.182 e. The van der Waals surface area contributed by atoms with Crippen LogP contribution in [0.1, 0.15) is 13.8 Å². The van der Waals surface area contributed by atoms with Gasteiger partial charge in [-0.05, 0) is 26.0 Å². The highest BCUT2D eigenvalue weighted by Crippen LogP contribution is 2.31. The number of anilines is 2. The molecule has 0 fully saturated rings. The molecule has 0 unspecified atom stereocenters. The Hall–Kier alpha value is -2.09. The summed E-state index contributed by atoms with van der Waals surface area (Å²) in [4.78, 5) is 5.87. The number of nitrogens with two attached hydrogens (primary N) is 1. The van der Waals surface area contributed by atoms with Crippen molar-refractivity contribution in [2.75, 3.05) is 30.0 Å². The lowest BCUT2D eigenvalue weighted by Gasteiger charge is -2.18. The van der Waals surface area contributed by atoms with Crippen LogP contribution in [0, 0.1) is 0 Å². The molecule has 0 spiro atoms. The number of hydrogen-bond donors (Lipinski definition) is 1. The van der Waals surface area contributed by atoms with Gasteiger partial charge in [-0.3, -0.25) is 4.98 Å². The van der Waals surface area contributed by atoms with E-state index in [0.717, 1.165) is 6.26 Å². The van der Waals surface area contributed by atoms with Gasteiger partial charge in [0.2, 0.25) is 0 Å². The van der Waals surface area contributed by atoms with Crippen LogP contribution >= 0.6 is 0 Å². The van der Waals surface area contributed by atoms with E-state index in [4.69, 9.17) is 5.73 Å². The van der Waals surface area contributed by atoms with Crippen molar-refractivity contribution in [1.82, 2.24) is 14.8 Å². The molecule has 0 aromatic carbocycles. The smallest absolute Gasteiger partial charge is 0.182 e. The highest BCUT2D eigenvalue weighted by molar-refractivity contribution is 7.91. The Balaban J connectivity index is 2.72. The Bertz CT molecular complexity index is 721. The molecule has 2 heterocycles. The number of aromatic nitrogens is 3. The van der Waals surface area contributed by atoms with Crippen LogP contribution < -0.4 is 10.6 Å². The van der Waals surface area contributed by atoms with Gasteiger partial charge >= 0.3 is 0 Å². The van der Waals surface area contributed by atoms with Crippen molar-refractivity contribution < 1.29 is 8.42 Å². The van der Waals surface area contributed by atoms with E-state index in [1.54, 1.807) is 24.5 Å². The van der Waals surface area contributed by atoms with Gasteiger partial charge in [-0.15, -0.1) is 5.10 Å². The van der Waals surface area contributed by atoms with Crippen molar-refractivity contribution >= 4 is 21.5 Å². The lowest BCUT2D eigenvalue weighted by atomic mass is 10.4. The van der Waals surface area contributed by atoms with Crippen LogP contribution in [0.5, 0.6) is 0 Å². The van der Waals surface area contributed by atoms with Crippen LogP contribution in [-0.4, -0.2) is 42.5 Å². The van der Waals surface area contributed by atoms with Gasteiger partial charge < -0.3 is 10.6 Å². The first-order chi connectivity index (χ1) is 9.90. The topological polar surface area (TPSA) is 94.1 Å². The van der Waals surface area contributed by atoms with Crippen LogP contribution in [0.3, 0.4) is 0 Å². The van der Waals surface area contributed by atoms with E-state index in [2.05, 4.69) is 10.1 Å². The summed E-state index contributed by atoms with van der Waals surface area (Å²) in [5.41, 5.74) is 6.72. The highest BCUT2D eigenvalue weighted by atomic mass is 32.2. The number of rotatable bonds is 5. The fraction of sp³-hybridized carbons (Fsp3) is 0.385. The molecular weight excluding hydrogens is 290 g/mol. The number of pyridine rings is 1. The van der Waals surface area contributed by atoms with Crippen molar-refractivity contribution in [3.63, 3.8) is 0 Å². The van der Waals surface area contributed by atoms with Gasteiger partial charge in [-0.25, -0.2) is 13.1 Å². The van der Waals surface area contributed by atoms with E-state index in [9.17, 15) is 8.42 Å². The Kier molecular flexibility index (Phi) is 4.17. The number of nitrogen functional groups attached to an aromatic ring is 1. The van der Waals surface area contributed by atoms with Crippen molar-refractivity contribution in [1.29, 1.82) is 0 Å². The summed E-state index contributed by atoms with van der Waals surface area (Å²) in [7, 11) is -3.48. The summed E-state index contributed by atoms with van der Waals surface area (Å²) < 4.78 is 25.6. The first-order valence-corrected chi connectivity index (χ1v) is 8.53. The number of sulfone groups is 1. The van der Waals surface area contributed by atoms with E-state index < -0.39 is 9.84 Å². The van der Waals surface area contributed by atoms with Crippen molar-refractivity contribution in [2.24, 2.45) is 0 Å². The maximum atomic E-state index is 12.1. The van der Waals surface area contributed by atoms with E-state index in [-0.39, 0.29) is 10.7 Å². The molecule has 8 heteroatoms. The molecule has 0 saturated carbocycles. The summed E-state index contributed by atoms with van der Waals surface area (Å²) in [5.74, 6) is 0.502. The molecule has 21 heavy (non-hydrogen) atoms. The van der Waals surface area contributed by atoms with Crippen LogP contribution in [0.25, 0.3) is 5.69 Å². The normalized spacial score (nSPS) is 11.6. The van der Waals surface area contributed by atoms with Crippen molar-refractivity contribution in [2.45, 2.75) is 18.7 Å². The summed E-state index contributed by atoms with van der Waals surface area (Å²) in [6.07, 6.45) is 4.35. The third kappa shape index (κ3) is 2.85. The number of hydrogen-bond acceptors (Lipinski definition) is 6. The Morgan fingerprint density at radius 3 is 2.29 bits per heavy atom. The fourth-order valence-corrected chi connectivity index (χ4v) is 3.14. The van der Waals surface area contributed by atoms with E-state index in [1.807, 2.05) is 18.7 Å². The largest absolute Gasteiger partial charge is 0.382 e. The lowest BCUT2D eigenvalue weighted by Crippen LogP contribution is -2.24. The molecule has 2 rings (SSSR count). The van der Waals surface area contributed by atoms with Gasteiger partial charge in [0.1, 0.15) is 5.82 Å². The zero-order valence-corrected chi connectivity index (χ0v) is 13.1. The molecule has 0 saturated heterocycles. The second kappa shape index (κ2) is 5.72. The van der Waals surface area contributed by atoms with Crippen LogP contribution in [0.15, 0.2) is 29.4 Å². The van der Waals surface area contributed by atoms with E-state index in [1.165, 1.54) is 4.68 Å². The summed E-state index contributed by atoms with van der Waals surface area (Å²) in [5, 5.41) is 4.40. The van der Waals surface area contributed by atoms with Gasteiger partial charge in [-0.1, -0.05) is 0 Å². The van der Waals surface area contributed by atoms with Crippen LogP contribution in [-0.2, 0) is 9.84 Å². The standard InChI is InChI=1S/C13H19N5O2S/c1-4-17(5-2)13-11(21(3,19)20)12(14)18(16-13)10-6-8-15-9-7-10/h6-9H,4-5,14H2,1-3H3. The molecule has 0 aliphatic heterocycles. The fourth-order valence-electron chi connectivity index (χ4n) is 2.17. The molecule has 0 radical (unpaired) electrons. The third-order valence-electron chi connectivity index (χ3n) is 3.20. The maximum absolute atomic E-state index is 12.1. The second-order valence-corrected chi connectivity index (χ2v) is 6.55. The highest BCUT2D eigenvalue weighted by Gasteiger charge is 2.27. The Labute approximate surface area is 124 Å². The molecule has 0 atom stereocenters. The zero-order valence-electron chi connectivity index (χ0n) is 12.3. The molecule has 7 nitrogen and oxygen atoms in total. The van der Waals surface area contributed by atoms with Gasteiger partial charge in [0.25, 0.3) is 0 Å². The molecule has 0 aliphatic rings. The summed E-state index contributed by atoms with van der Waals surface area (Å²) >= 11 is 0. The minimum Gasteiger partial charge on any atom is -0.382 e. The van der Waals surface area contributed by atoms with Gasteiger partial charge in [0.15, 0.2) is 20.6 Å². The average Bonchev–Trinajstić information content (AvgIpc) is 2.79. The Morgan fingerprint density at radius 1 is 1.24 bits per heavy atom. The van der Waals surface area contributed by atoms with Gasteiger partial charge in [-0.2, -0.15) is 0 Å². The quantitative estimate of drug-likeness (QED) is 0.889. The van der Waals surface area contributed by atoms with Gasteiger partial charge in [0.05, 0.1) is 5.69 Å². The third-order valence-corrected chi connectivity index (χ3v) is 4.33. The molecule has 2 aromatic rings. The van der Waals surface area contributed by atoms with Crippen molar-refractivity contribution in [3.8, 4) is 5.69 Å². The zero-order chi connectivity index (χ0) is 15.6. The molecule has 2 aromatic heterocycles. The minimum atomic E-state index is -3.48. The first kappa shape index (κ1) is 15.3. The predicted octanol–water partition coefficient (Wildman–Crippen LogP) is 1.10. The first-order valence-electron chi connectivity index (χ1n) is 6.64.